The molecular formula is C18H13N5O3S. The lowest BCUT2D eigenvalue weighted by molar-refractivity contribution is -0.384. The summed E-state index contributed by atoms with van der Waals surface area (Å²) in [5.41, 5.74) is 2.96. The van der Waals surface area contributed by atoms with Gasteiger partial charge in [-0.25, -0.2) is 9.97 Å². The second-order valence-corrected chi connectivity index (χ2v) is 6.65. The van der Waals surface area contributed by atoms with Gasteiger partial charge in [-0.3, -0.25) is 14.9 Å². The highest BCUT2D eigenvalue weighted by molar-refractivity contribution is 7.14. The number of carbonyl (C=O) groups is 1. The molecule has 4 aromatic rings. The summed E-state index contributed by atoms with van der Waals surface area (Å²) in [5.74, 6) is -0.281. The molecule has 0 radical (unpaired) electrons. The minimum Gasteiger partial charge on any atom is -0.345 e. The van der Waals surface area contributed by atoms with Crippen molar-refractivity contribution in [2.45, 2.75) is 6.42 Å². The van der Waals surface area contributed by atoms with Crippen LogP contribution in [0, 0.1) is 10.1 Å². The van der Waals surface area contributed by atoms with Gasteiger partial charge in [-0.2, -0.15) is 0 Å². The van der Waals surface area contributed by atoms with Crippen LogP contribution in [0.1, 0.15) is 5.56 Å². The Morgan fingerprint density at radius 2 is 2.19 bits per heavy atom. The van der Waals surface area contributed by atoms with E-state index in [2.05, 4.69) is 20.3 Å². The molecule has 27 heavy (non-hydrogen) atoms. The maximum Gasteiger partial charge on any atom is 0.269 e. The summed E-state index contributed by atoms with van der Waals surface area (Å²) >= 11 is 1.32. The highest BCUT2D eigenvalue weighted by Crippen LogP contribution is 2.30. The topological polar surface area (TPSA) is 114 Å². The van der Waals surface area contributed by atoms with Crippen molar-refractivity contribution in [3.05, 3.63) is 69.8 Å². The number of nitrogens with one attached hydrogen (secondary N) is 2. The molecule has 0 aliphatic carbocycles. The van der Waals surface area contributed by atoms with Gasteiger partial charge in [0.25, 0.3) is 5.69 Å². The summed E-state index contributed by atoms with van der Waals surface area (Å²) in [6.07, 6.45) is 3.58. The summed E-state index contributed by atoms with van der Waals surface area (Å²) in [6, 6.07) is 9.84. The molecule has 8 nitrogen and oxygen atoms in total. The molecule has 0 fully saturated rings. The Kier molecular flexibility index (Phi) is 4.35. The molecule has 0 aliphatic heterocycles. The summed E-state index contributed by atoms with van der Waals surface area (Å²) in [6.45, 7) is 0. The smallest absolute Gasteiger partial charge is 0.269 e. The van der Waals surface area contributed by atoms with E-state index >= 15 is 0 Å². The molecule has 0 atom stereocenters. The third kappa shape index (κ3) is 3.53. The highest BCUT2D eigenvalue weighted by Gasteiger charge is 2.13. The maximum absolute atomic E-state index is 12.2. The summed E-state index contributed by atoms with van der Waals surface area (Å²) in [4.78, 5) is 34.4. The Morgan fingerprint density at radius 3 is 3.04 bits per heavy atom. The second-order valence-electron chi connectivity index (χ2n) is 5.79. The number of non-ortho nitro benzene ring substituents is 1. The number of pyridine rings is 1. The molecule has 0 unspecified atom stereocenters. The van der Waals surface area contributed by atoms with E-state index in [9.17, 15) is 14.9 Å². The van der Waals surface area contributed by atoms with Crippen molar-refractivity contribution < 1.29 is 9.72 Å². The Labute approximate surface area is 157 Å². The predicted octanol–water partition coefficient (Wildman–Crippen LogP) is 3.78. The molecule has 134 valence electrons. The van der Waals surface area contributed by atoms with Crippen LogP contribution in [0.5, 0.6) is 0 Å². The SMILES string of the molecule is O=C(Cc1cccc([N+](=O)[O-])c1)Nc1nc(-c2c[nH]c3ncccc23)cs1. The quantitative estimate of drug-likeness (QED) is 0.405. The van der Waals surface area contributed by atoms with Crippen molar-refractivity contribution in [3.63, 3.8) is 0 Å². The number of hydrogen-bond donors (Lipinski definition) is 2. The zero-order valence-corrected chi connectivity index (χ0v) is 14.7. The molecule has 9 heteroatoms. The van der Waals surface area contributed by atoms with Gasteiger partial charge in [-0.05, 0) is 17.7 Å². The van der Waals surface area contributed by atoms with Gasteiger partial charge in [0, 0.05) is 40.9 Å². The van der Waals surface area contributed by atoms with Gasteiger partial charge < -0.3 is 10.3 Å². The van der Waals surface area contributed by atoms with Gasteiger partial charge in [-0.15, -0.1) is 11.3 Å². The van der Waals surface area contributed by atoms with Crippen LogP contribution in [-0.4, -0.2) is 25.8 Å². The molecule has 0 saturated carbocycles. The van der Waals surface area contributed by atoms with Crippen molar-refractivity contribution in [2.24, 2.45) is 0 Å². The van der Waals surface area contributed by atoms with E-state index in [1.807, 2.05) is 23.7 Å². The molecule has 1 aromatic carbocycles. The Morgan fingerprint density at radius 1 is 1.30 bits per heavy atom. The number of rotatable bonds is 5. The first-order valence-corrected chi connectivity index (χ1v) is 8.89. The average molecular weight is 379 g/mol. The number of nitro benzene ring substituents is 1. The van der Waals surface area contributed by atoms with Crippen LogP contribution in [0.25, 0.3) is 22.3 Å². The number of aromatic nitrogens is 3. The molecule has 3 aromatic heterocycles. The van der Waals surface area contributed by atoms with Crippen LogP contribution < -0.4 is 5.32 Å². The summed E-state index contributed by atoms with van der Waals surface area (Å²) in [7, 11) is 0. The molecule has 0 saturated heterocycles. The molecule has 3 heterocycles. The number of thiazole rings is 1. The zero-order chi connectivity index (χ0) is 18.8. The fourth-order valence-electron chi connectivity index (χ4n) is 2.75. The van der Waals surface area contributed by atoms with Gasteiger partial charge in [0.1, 0.15) is 5.65 Å². The molecule has 1 amide bonds. The van der Waals surface area contributed by atoms with Gasteiger partial charge in [0.05, 0.1) is 17.0 Å². The third-order valence-corrected chi connectivity index (χ3v) is 4.72. The molecule has 4 rings (SSSR count). The fraction of sp³-hybridized carbons (Fsp3) is 0.0556. The summed E-state index contributed by atoms with van der Waals surface area (Å²) in [5, 5.41) is 16.9. The zero-order valence-electron chi connectivity index (χ0n) is 13.9. The number of nitro groups is 1. The molecular weight excluding hydrogens is 366 g/mol. The van der Waals surface area contributed by atoms with Crippen LogP contribution in [0.3, 0.4) is 0 Å². The first-order valence-electron chi connectivity index (χ1n) is 8.01. The summed E-state index contributed by atoms with van der Waals surface area (Å²) < 4.78 is 0. The Balaban J connectivity index is 1.48. The largest absolute Gasteiger partial charge is 0.345 e. The maximum atomic E-state index is 12.2. The van der Waals surface area contributed by atoms with Crippen molar-refractivity contribution in [1.82, 2.24) is 15.0 Å². The van der Waals surface area contributed by atoms with Crippen LogP contribution in [0.2, 0.25) is 0 Å². The van der Waals surface area contributed by atoms with Crippen molar-refractivity contribution in [1.29, 1.82) is 0 Å². The van der Waals surface area contributed by atoms with Gasteiger partial charge in [-0.1, -0.05) is 12.1 Å². The highest BCUT2D eigenvalue weighted by atomic mass is 32.1. The predicted molar refractivity (Wildman–Crippen MR) is 103 cm³/mol. The molecule has 0 bridgehead atoms. The van der Waals surface area contributed by atoms with Crippen LogP contribution >= 0.6 is 11.3 Å². The monoisotopic (exact) mass is 379 g/mol. The number of hydrogen-bond acceptors (Lipinski definition) is 6. The number of fused-ring (bicyclic) bond motifs is 1. The minimum atomic E-state index is -0.482. The van der Waals surface area contributed by atoms with E-state index in [0.29, 0.717) is 10.7 Å². The number of aromatic amines is 1. The lowest BCUT2D eigenvalue weighted by Gasteiger charge is -2.02. The van der Waals surface area contributed by atoms with Crippen molar-refractivity contribution in [2.75, 3.05) is 5.32 Å². The Bertz CT molecular complexity index is 1150. The normalized spacial score (nSPS) is 10.8. The molecule has 0 aliphatic rings. The van der Waals surface area contributed by atoms with Crippen LogP contribution in [0.15, 0.2) is 54.2 Å². The van der Waals surface area contributed by atoms with Gasteiger partial charge in [0.2, 0.25) is 5.91 Å². The van der Waals surface area contributed by atoms with Crippen LogP contribution in [0.4, 0.5) is 10.8 Å². The van der Waals surface area contributed by atoms with E-state index in [-0.39, 0.29) is 18.0 Å². The lowest BCUT2D eigenvalue weighted by atomic mass is 10.1. The average Bonchev–Trinajstić information content (AvgIpc) is 3.28. The van der Waals surface area contributed by atoms with Crippen molar-refractivity contribution in [3.8, 4) is 11.3 Å². The first-order chi connectivity index (χ1) is 13.1. The van der Waals surface area contributed by atoms with Gasteiger partial charge in [0.15, 0.2) is 5.13 Å². The van der Waals surface area contributed by atoms with E-state index in [1.54, 1.807) is 18.3 Å². The fourth-order valence-corrected chi connectivity index (χ4v) is 3.48. The number of nitrogens with zero attached hydrogens (tertiary/aromatic N) is 3. The van der Waals surface area contributed by atoms with Crippen LogP contribution in [-0.2, 0) is 11.2 Å². The van der Waals surface area contributed by atoms with E-state index in [1.165, 1.54) is 23.5 Å². The van der Waals surface area contributed by atoms with Gasteiger partial charge >= 0.3 is 0 Å². The van der Waals surface area contributed by atoms with Crippen molar-refractivity contribution >= 4 is 39.1 Å². The second kappa shape index (κ2) is 6.96. The number of anilines is 1. The standard InChI is InChI=1S/C18H13N5O3S/c24-16(8-11-3-1-4-12(7-11)23(25)26)22-18-21-15(10-27-18)14-9-20-17-13(14)5-2-6-19-17/h1-7,9-10H,8H2,(H,19,20)(H,21,22,24). The lowest BCUT2D eigenvalue weighted by Crippen LogP contribution is -2.14. The Hall–Kier alpha value is -3.59. The van der Waals surface area contributed by atoms with E-state index in [0.717, 1.165) is 22.3 Å². The molecule has 0 spiro atoms. The van der Waals surface area contributed by atoms with E-state index < -0.39 is 4.92 Å². The number of benzene rings is 1. The number of carbonyl (C=O) groups excluding carboxylic acids is 1. The first kappa shape index (κ1) is 16.9. The van der Waals surface area contributed by atoms with E-state index in [4.69, 9.17) is 0 Å². The number of H-pyrrole nitrogens is 1. The number of amides is 1. The third-order valence-electron chi connectivity index (χ3n) is 3.96. The molecule has 2 N–H and O–H groups in total. The minimum absolute atomic E-state index is 0.0353.